The second kappa shape index (κ2) is 10.1. The summed E-state index contributed by atoms with van der Waals surface area (Å²) in [4.78, 5) is 54.9. The fraction of sp³-hybridized carbons (Fsp3) is 0.833. The number of hydrogen-bond acceptors (Lipinski definition) is 4. The third-order valence-electron chi connectivity index (χ3n) is 6.86. The van der Waals surface area contributed by atoms with E-state index >= 15 is 0 Å². The van der Waals surface area contributed by atoms with Crippen LogP contribution in [0, 0.1) is 29.1 Å². The first-order valence-electron chi connectivity index (χ1n) is 11.7. The molecule has 0 N–H and O–H groups in total. The summed E-state index contributed by atoms with van der Waals surface area (Å²) in [5, 5.41) is 0. The molecule has 0 bridgehead atoms. The predicted octanol–water partition coefficient (Wildman–Crippen LogP) is 2.79. The van der Waals surface area contributed by atoms with Crippen molar-refractivity contribution < 1.29 is 19.2 Å². The van der Waals surface area contributed by atoms with Gasteiger partial charge in [-0.15, -0.1) is 0 Å². The maximum absolute atomic E-state index is 12.9. The molecule has 0 spiro atoms. The topological polar surface area (TPSA) is 78.0 Å². The summed E-state index contributed by atoms with van der Waals surface area (Å²) in [5.41, 5.74) is -0.428. The number of likely N-dealkylation sites (N-methyl/N-ethyl adjacent to an activating group) is 2. The Balaban J connectivity index is 1.79. The van der Waals surface area contributed by atoms with Gasteiger partial charge in [-0.1, -0.05) is 34.6 Å². The lowest BCUT2D eigenvalue weighted by Crippen LogP contribution is -2.43. The average Bonchev–Trinajstić information content (AvgIpc) is 2.99. The van der Waals surface area contributed by atoms with Crippen LogP contribution in [0.25, 0.3) is 0 Å². The van der Waals surface area contributed by atoms with E-state index in [4.69, 9.17) is 0 Å². The predicted molar refractivity (Wildman–Crippen MR) is 120 cm³/mol. The van der Waals surface area contributed by atoms with Crippen LogP contribution in [-0.4, -0.2) is 72.1 Å². The number of likely N-dealkylation sites (tertiary alicyclic amines) is 1. The molecule has 2 aliphatic rings. The number of carbonyl (C=O) groups is 4. The van der Waals surface area contributed by atoms with Gasteiger partial charge >= 0.3 is 0 Å². The van der Waals surface area contributed by atoms with Crippen LogP contribution in [0.4, 0.5) is 0 Å². The van der Waals surface area contributed by atoms with E-state index in [2.05, 4.69) is 0 Å². The van der Waals surface area contributed by atoms with Crippen molar-refractivity contribution >= 4 is 23.6 Å². The molecule has 2 fully saturated rings. The maximum Gasteiger partial charge on any atom is 0.233 e. The van der Waals surface area contributed by atoms with E-state index in [-0.39, 0.29) is 47.3 Å². The fourth-order valence-electron chi connectivity index (χ4n) is 4.67. The highest BCUT2D eigenvalue weighted by Gasteiger charge is 2.41. The zero-order valence-corrected chi connectivity index (χ0v) is 20.4. The molecule has 0 aromatic rings. The number of nitrogens with zero attached hydrogens (tertiary/aromatic N) is 3. The smallest absolute Gasteiger partial charge is 0.233 e. The van der Waals surface area contributed by atoms with Crippen LogP contribution in [0.3, 0.4) is 0 Å². The summed E-state index contributed by atoms with van der Waals surface area (Å²) in [6.45, 7) is 11.2. The Morgan fingerprint density at radius 2 is 1.55 bits per heavy atom. The molecule has 1 saturated heterocycles. The summed E-state index contributed by atoms with van der Waals surface area (Å²) in [5.74, 6) is 0.401. The molecule has 4 amide bonds. The van der Waals surface area contributed by atoms with Crippen LogP contribution in [0.15, 0.2) is 0 Å². The number of hydrogen-bond donors (Lipinski definition) is 0. The van der Waals surface area contributed by atoms with E-state index in [0.717, 1.165) is 25.7 Å². The Hall–Kier alpha value is -1.92. The van der Waals surface area contributed by atoms with Crippen LogP contribution in [-0.2, 0) is 19.2 Å². The molecule has 7 nitrogen and oxygen atoms in total. The molecule has 1 unspecified atom stereocenters. The Kier molecular flexibility index (Phi) is 8.28. The molecule has 0 aromatic heterocycles. The summed E-state index contributed by atoms with van der Waals surface area (Å²) in [7, 11) is 3.58. The Bertz CT molecular complexity index is 689. The van der Waals surface area contributed by atoms with Gasteiger partial charge in [0.1, 0.15) is 0 Å². The highest BCUT2D eigenvalue weighted by atomic mass is 16.2. The molecule has 2 rings (SSSR count). The minimum Gasteiger partial charge on any atom is -0.344 e. The van der Waals surface area contributed by atoms with Crippen LogP contribution < -0.4 is 0 Å². The normalized spacial score (nSPS) is 24.6. The minimum atomic E-state index is -0.428. The highest BCUT2D eigenvalue weighted by Crippen LogP contribution is 2.33. The first kappa shape index (κ1) is 25.3. The van der Waals surface area contributed by atoms with Gasteiger partial charge in [0, 0.05) is 57.4 Å². The van der Waals surface area contributed by atoms with E-state index in [0.29, 0.717) is 26.1 Å². The molecule has 0 aromatic carbocycles. The molecular weight excluding hydrogens is 394 g/mol. The SMILES string of the molecule is CC(C)C1CC(=O)N(CC2CCC(C(=O)N(C)CCN(C)C(=O)C(C)(C)C)CC2)C1=O. The monoisotopic (exact) mass is 435 g/mol. The van der Waals surface area contributed by atoms with Gasteiger partial charge < -0.3 is 9.80 Å². The minimum absolute atomic E-state index is 0.0155. The van der Waals surface area contributed by atoms with Crippen molar-refractivity contribution in [1.29, 1.82) is 0 Å². The van der Waals surface area contributed by atoms with Crippen molar-refractivity contribution in [2.45, 2.75) is 66.7 Å². The first-order chi connectivity index (χ1) is 14.3. The van der Waals surface area contributed by atoms with Gasteiger partial charge in [-0.2, -0.15) is 0 Å². The molecular formula is C24H41N3O4. The lowest BCUT2D eigenvalue weighted by molar-refractivity contribution is -0.142. The third kappa shape index (κ3) is 6.30. The van der Waals surface area contributed by atoms with Gasteiger partial charge in [0.05, 0.1) is 0 Å². The fourth-order valence-corrected chi connectivity index (χ4v) is 4.67. The van der Waals surface area contributed by atoms with Gasteiger partial charge in [-0.3, -0.25) is 24.1 Å². The first-order valence-corrected chi connectivity index (χ1v) is 11.7. The molecule has 31 heavy (non-hydrogen) atoms. The largest absolute Gasteiger partial charge is 0.344 e. The molecule has 176 valence electrons. The quantitative estimate of drug-likeness (QED) is 0.576. The average molecular weight is 436 g/mol. The number of amides is 4. The van der Waals surface area contributed by atoms with E-state index in [1.54, 1.807) is 23.9 Å². The van der Waals surface area contributed by atoms with Crippen LogP contribution in [0.5, 0.6) is 0 Å². The molecule has 0 radical (unpaired) electrons. The molecule has 7 heteroatoms. The van der Waals surface area contributed by atoms with Crippen molar-refractivity contribution in [2.75, 3.05) is 33.7 Å². The Morgan fingerprint density at radius 3 is 2.03 bits per heavy atom. The third-order valence-corrected chi connectivity index (χ3v) is 6.86. The van der Waals surface area contributed by atoms with Crippen molar-refractivity contribution in [3.8, 4) is 0 Å². The highest BCUT2D eigenvalue weighted by molar-refractivity contribution is 6.03. The lowest BCUT2D eigenvalue weighted by atomic mass is 9.81. The van der Waals surface area contributed by atoms with Crippen molar-refractivity contribution in [1.82, 2.24) is 14.7 Å². The number of carbonyl (C=O) groups excluding carboxylic acids is 4. The second-order valence-corrected chi connectivity index (χ2v) is 10.9. The van der Waals surface area contributed by atoms with E-state index in [1.165, 1.54) is 4.90 Å². The zero-order chi connectivity index (χ0) is 23.5. The summed E-state index contributed by atoms with van der Waals surface area (Å²) in [6, 6.07) is 0. The van der Waals surface area contributed by atoms with E-state index in [9.17, 15) is 19.2 Å². The molecule has 1 heterocycles. The number of rotatable bonds is 7. The molecule has 1 aliphatic carbocycles. The molecule has 1 aliphatic heterocycles. The van der Waals surface area contributed by atoms with E-state index in [1.807, 2.05) is 34.6 Å². The maximum atomic E-state index is 12.9. The van der Waals surface area contributed by atoms with Gasteiger partial charge in [0.25, 0.3) is 0 Å². The van der Waals surface area contributed by atoms with Crippen LogP contribution in [0.1, 0.15) is 66.7 Å². The van der Waals surface area contributed by atoms with Gasteiger partial charge in [-0.25, -0.2) is 0 Å². The van der Waals surface area contributed by atoms with Crippen molar-refractivity contribution in [3.63, 3.8) is 0 Å². The summed E-state index contributed by atoms with van der Waals surface area (Å²) in [6.07, 6.45) is 3.62. The van der Waals surface area contributed by atoms with Gasteiger partial charge in [0.2, 0.25) is 23.6 Å². The lowest BCUT2D eigenvalue weighted by Gasteiger charge is -2.33. The number of imide groups is 1. The van der Waals surface area contributed by atoms with Crippen molar-refractivity contribution in [3.05, 3.63) is 0 Å². The summed E-state index contributed by atoms with van der Waals surface area (Å²) >= 11 is 0. The molecule has 1 atom stereocenters. The van der Waals surface area contributed by atoms with Gasteiger partial charge in [-0.05, 0) is 37.5 Å². The molecule has 1 saturated carbocycles. The summed E-state index contributed by atoms with van der Waals surface area (Å²) < 4.78 is 0. The Morgan fingerprint density at radius 1 is 1.00 bits per heavy atom. The Labute approximate surface area is 187 Å². The van der Waals surface area contributed by atoms with E-state index < -0.39 is 5.41 Å². The zero-order valence-electron chi connectivity index (χ0n) is 20.4. The second-order valence-electron chi connectivity index (χ2n) is 10.9. The van der Waals surface area contributed by atoms with Crippen LogP contribution >= 0.6 is 0 Å². The van der Waals surface area contributed by atoms with Crippen LogP contribution in [0.2, 0.25) is 0 Å². The van der Waals surface area contributed by atoms with Crippen molar-refractivity contribution in [2.24, 2.45) is 29.1 Å². The standard InChI is InChI=1S/C24H41N3O4/c1-16(2)19-14-20(28)27(22(19)30)15-17-8-10-18(11-9-17)21(29)25(6)12-13-26(7)23(31)24(3,4)5/h16-19H,8-15H2,1-7H3. The van der Waals surface area contributed by atoms with Gasteiger partial charge in [0.15, 0.2) is 0 Å².